The van der Waals surface area contributed by atoms with Crippen molar-refractivity contribution < 1.29 is 18.3 Å². The summed E-state index contributed by atoms with van der Waals surface area (Å²) in [6.45, 7) is 5.00. The van der Waals surface area contributed by atoms with Crippen molar-refractivity contribution in [1.82, 2.24) is 9.55 Å². The van der Waals surface area contributed by atoms with Crippen molar-refractivity contribution in [1.29, 1.82) is 0 Å². The second-order valence-electron chi connectivity index (χ2n) is 6.17. The minimum Gasteiger partial charge on any atom is -0.394 e. The fourth-order valence-corrected chi connectivity index (χ4v) is 4.12. The summed E-state index contributed by atoms with van der Waals surface area (Å²) in [7, 11) is -3.61. The lowest BCUT2D eigenvalue weighted by Crippen LogP contribution is -2.24. The van der Waals surface area contributed by atoms with E-state index in [1.807, 2.05) is 13.8 Å². The number of carbonyl (C=O) groups excluding carboxylic acids is 1. The highest BCUT2D eigenvalue weighted by Gasteiger charge is 2.24. The standard InChI is InChI=1S/C17H23N3O4S/c1-12(2)17-18-8-9-20(17)15(10-21)11-25(23,24)16-6-4-14(5-7-16)19-13(3)22/h4-9,12,15,21H,10-11H2,1-3H3,(H,19,22). The number of hydrogen-bond donors (Lipinski definition) is 2. The van der Waals surface area contributed by atoms with Crippen LogP contribution in [0.15, 0.2) is 41.6 Å². The molecule has 2 rings (SSSR count). The van der Waals surface area contributed by atoms with Gasteiger partial charge in [0, 0.05) is 30.9 Å². The smallest absolute Gasteiger partial charge is 0.221 e. The highest BCUT2D eigenvalue weighted by Crippen LogP contribution is 2.22. The monoisotopic (exact) mass is 365 g/mol. The Bertz CT molecular complexity index is 826. The van der Waals surface area contributed by atoms with Crippen molar-refractivity contribution in [2.45, 2.75) is 37.6 Å². The van der Waals surface area contributed by atoms with E-state index in [-0.39, 0.29) is 29.1 Å². The van der Waals surface area contributed by atoms with Crippen LogP contribution >= 0.6 is 0 Å². The summed E-state index contributed by atoms with van der Waals surface area (Å²) in [4.78, 5) is 15.4. The van der Waals surface area contributed by atoms with Crippen molar-refractivity contribution in [3.05, 3.63) is 42.5 Å². The molecule has 1 heterocycles. The molecule has 1 amide bonds. The number of nitrogens with one attached hydrogen (secondary N) is 1. The zero-order valence-electron chi connectivity index (χ0n) is 14.5. The minimum atomic E-state index is -3.61. The van der Waals surface area contributed by atoms with E-state index in [1.54, 1.807) is 29.1 Å². The second kappa shape index (κ2) is 7.79. The van der Waals surface area contributed by atoms with E-state index in [0.29, 0.717) is 5.69 Å². The molecular weight excluding hydrogens is 342 g/mol. The number of aliphatic hydroxyl groups excluding tert-OH is 1. The van der Waals surface area contributed by atoms with Crippen LogP contribution in [-0.4, -0.2) is 41.3 Å². The van der Waals surface area contributed by atoms with E-state index in [4.69, 9.17) is 0 Å². The normalized spacial score (nSPS) is 13.0. The molecule has 0 saturated carbocycles. The predicted octanol–water partition coefficient (Wildman–Crippen LogP) is 1.97. The van der Waals surface area contributed by atoms with Crippen LogP contribution in [0.3, 0.4) is 0 Å². The summed E-state index contributed by atoms with van der Waals surface area (Å²) >= 11 is 0. The lowest BCUT2D eigenvalue weighted by Gasteiger charge is -2.20. The summed E-state index contributed by atoms with van der Waals surface area (Å²) < 4.78 is 27.1. The van der Waals surface area contributed by atoms with E-state index < -0.39 is 15.9 Å². The van der Waals surface area contributed by atoms with Crippen molar-refractivity contribution in [2.75, 3.05) is 17.7 Å². The molecule has 1 atom stereocenters. The van der Waals surface area contributed by atoms with Crippen molar-refractivity contribution >= 4 is 21.4 Å². The zero-order chi connectivity index (χ0) is 18.6. The molecule has 136 valence electrons. The molecule has 0 radical (unpaired) electrons. The Balaban J connectivity index is 2.23. The van der Waals surface area contributed by atoms with Gasteiger partial charge in [-0.2, -0.15) is 0 Å². The number of hydrogen-bond acceptors (Lipinski definition) is 5. The van der Waals surface area contributed by atoms with Gasteiger partial charge in [-0.05, 0) is 24.3 Å². The van der Waals surface area contributed by atoms with Gasteiger partial charge in [-0.1, -0.05) is 13.8 Å². The largest absolute Gasteiger partial charge is 0.394 e. The van der Waals surface area contributed by atoms with Crippen LogP contribution in [0, 0.1) is 0 Å². The maximum Gasteiger partial charge on any atom is 0.221 e. The van der Waals surface area contributed by atoms with Crippen molar-refractivity contribution in [2.24, 2.45) is 0 Å². The molecule has 2 N–H and O–H groups in total. The Labute approximate surface area is 147 Å². The summed E-state index contributed by atoms with van der Waals surface area (Å²) in [6, 6.07) is 5.37. The number of carbonyl (C=O) groups is 1. The molecule has 0 fully saturated rings. The first-order chi connectivity index (χ1) is 11.7. The fourth-order valence-electron chi connectivity index (χ4n) is 2.60. The van der Waals surface area contributed by atoms with E-state index in [1.165, 1.54) is 19.1 Å². The maximum atomic E-state index is 12.7. The quantitative estimate of drug-likeness (QED) is 0.781. The summed E-state index contributed by atoms with van der Waals surface area (Å²) in [6.07, 6.45) is 3.29. The average Bonchev–Trinajstić information content (AvgIpc) is 3.02. The van der Waals surface area contributed by atoms with Gasteiger partial charge in [0.25, 0.3) is 0 Å². The van der Waals surface area contributed by atoms with E-state index in [9.17, 15) is 18.3 Å². The lowest BCUT2D eigenvalue weighted by molar-refractivity contribution is -0.114. The minimum absolute atomic E-state index is 0.115. The second-order valence-corrected chi connectivity index (χ2v) is 8.21. The van der Waals surface area contributed by atoms with Gasteiger partial charge < -0.3 is 15.0 Å². The molecule has 2 aromatic rings. The molecule has 0 aliphatic heterocycles. The number of aliphatic hydroxyl groups is 1. The van der Waals surface area contributed by atoms with Gasteiger partial charge >= 0.3 is 0 Å². The Kier molecular flexibility index (Phi) is 5.97. The number of anilines is 1. The van der Waals surface area contributed by atoms with E-state index in [0.717, 1.165) is 5.82 Å². The molecule has 7 nitrogen and oxygen atoms in total. The van der Waals surface area contributed by atoms with Crippen LogP contribution in [-0.2, 0) is 14.6 Å². The van der Waals surface area contributed by atoms with Crippen molar-refractivity contribution in [3.63, 3.8) is 0 Å². The number of aromatic nitrogens is 2. The van der Waals surface area contributed by atoms with Crippen LogP contribution < -0.4 is 5.32 Å². The van der Waals surface area contributed by atoms with Gasteiger partial charge in [0.15, 0.2) is 9.84 Å². The number of rotatable bonds is 7. The van der Waals surface area contributed by atoms with Gasteiger partial charge in [-0.15, -0.1) is 0 Å². The van der Waals surface area contributed by atoms with Crippen LogP contribution in [0.2, 0.25) is 0 Å². The van der Waals surface area contributed by atoms with Gasteiger partial charge in [0.2, 0.25) is 5.91 Å². The topological polar surface area (TPSA) is 101 Å². The lowest BCUT2D eigenvalue weighted by atomic mass is 10.2. The SMILES string of the molecule is CC(=O)Nc1ccc(S(=O)(=O)CC(CO)n2ccnc2C(C)C)cc1. The Hall–Kier alpha value is -2.19. The van der Waals surface area contributed by atoms with Crippen LogP contribution in [0.4, 0.5) is 5.69 Å². The third-order valence-electron chi connectivity index (χ3n) is 3.76. The highest BCUT2D eigenvalue weighted by atomic mass is 32.2. The molecule has 0 bridgehead atoms. The molecule has 0 saturated heterocycles. The summed E-state index contributed by atoms with van der Waals surface area (Å²) in [5.74, 6) is 0.384. The zero-order valence-corrected chi connectivity index (χ0v) is 15.3. The summed E-state index contributed by atoms with van der Waals surface area (Å²) in [5.41, 5.74) is 0.530. The Morgan fingerprint density at radius 1 is 1.28 bits per heavy atom. The van der Waals surface area contributed by atoms with Gasteiger partial charge in [0.05, 0.1) is 23.3 Å². The molecule has 0 spiro atoms. The average molecular weight is 365 g/mol. The van der Waals surface area contributed by atoms with Gasteiger partial charge in [-0.3, -0.25) is 4.79 Å². The Morgan fingerprint density at radius 2 is 1.92 bits per heavy atom. The first kappa shape index (κ1) is 19.1. The third-order valence-corrected chi connectivity index (χ3v) is 5.58. The fraction of sp³-hybridized carbons (Fsp3) is 0.412. The highest BCUT2D eigenvalue weighted by molar-refractivity contribution is 7.91. The maximum absolute atomic E-state index is 12.7. The molecule has 1 aromatic carbocycles. The Morgan fingerprint density at radius 3 is 2.44 bits per heavy atom. The number of benzene rings is 1. The predicted molar refractivity (Wildman–Crippen MR) is 95.2 cm³/mol. The van der Waals surface area contributed by atoms with Crippen LogP contribution in [0.25, 0.3) is 0 Å². The van der Waals surface area contributed by atoms with E-state index in [2.05, 4.69) is 10.3 Å². The van der Waals surface area contributed by atoms with E-state index >= 15 is 0 Å². The number of nitrogens with zero attached hydrogens (tertiary/aromatic N) is 2. The van der Waals surface area contributed by atoms with Crippen molar-refractivity contribution in [3.8, 4) is 0 Å². The number of imidazole rings is 1. The van der Waals surface area contributed by atoms with Crippen LogP contribution in [0.1, 0.15) is 38.6 Å². The molecule has 8 heteroatoms. The number of amides is 1. The van der Waals surface area contributed by atoms with Gasteiger partial charge in [-0.25, -0.2) is 13.4 Å². The summed E-state index contributed by atoms with van der Waals surface area (Å²) in [5, 5.41) is 12.3. The van der Waals surface area contributed by atoms with Gasteiger partial charge in [0.1, 0.15) is 5.82 Å². The molecular formula is C17H23N3O4S. The molecule has 0 aliphatic carbocycles. The first-order valence-corrected chi connectivity index (χ1v) is 9.64. The molecule has 25 heavy (non-hydrogen) atoms. The molecule has 1 unspecified atom stereocenters. The van der Waals surface area contributed by atoms with Crippen LogP contribution in [0.5, 0.6) is 0 Å². The molecule has 1 aromatic heterocycles. The number of sulfone groups is 1. The first-order valence-electron chi connectivity index (χ1n) is 7.98. The third kappa shape index (κ3) is 4.67. The molecule has 0 aliphatic rings.